The molecule has 0 aromatic carbocycles. The van der Waals surface area contributed by atoms with Gasteiger partial charge in [-0.3, -0.25) is 18.6 Å². The van der Waals surface area contributed by atoms with Crippen molar-refractivity contribution in [2.45, 2.75) is 193 Å². The molecule has 0 aromatic rings. The van der Waals surface area contributed by atoms with Gasteiger partial charge in [-0.15, -0.1) is 0 Å². The van der Waals surface area contributed by atoms with Crippen LogP contribution in [0.1, 0.15) is 181 Å². The van der Waals surface area contributed by atoms with Crippen molar-refractivity contribution in [3.63, 3.8) is 0 Å². The molecular formula is C50H86NO9P. The molecule has 0 aliphatic rings. The van der Waals surface area contributed by atoms with Crippen molar-refractivity contribution in [3.05, 3.63) is 85.1 Å². The van der Waals surface area contributed by atoms with Crippen LogP contribution in [0.25, 0.3) is 0 Å². The number of carbonyl (C=O) groups is 2. The van der Waals surface area contributed by atoms with E-state index in [2.05, 4.69) is 98.9 Å². The quantitative estimate of drug-likeness (QED) is 0.0233. The molecule has 0 fully saturated rings. The van der Waals surface area contributed by atoms with Gasteiger partial charge in [0.2, 0.25) is 0 Å². The zero-order valence-corrected chi connectivity index (χ0v) is 39.1. The van der Waals surface area contributed by atoms with Crippen molar-refractivity contribution in [1.29, 1.82) is 0 Å². The molecule has 0 amide bonds. The lowest BCUT2D eigenvalue weighted by Gasteiger charge is -2.20. The molecule has 0 aliphatic carbocycles. The maximum absolute atomic E-state index is 12.7. The van der Waals surface area contributed by atoms with E-state index in [1.165, 1.54) is 57.8 Å². The fourth-order valence-corrected chi connectivity index (χ4v) is 6.86. The first kappa shape index (κ1) is 58.1. The molecule has 0 radical (unpaired) electrons. The third-order valence-corrected chi connectivity index (χ3v) is 10.6. The number of phosphoric acid groups is 1. The molecule has 61 heavy (non-hydrogen) atoms. The molecule has 0 heterocycles. The van der Waals surface area contributed by atoms with Gasteiger partial charge in [-0.25, -0.2) is 4.57 Å². The van der Waals surface area contributed by atoms with Crippen molar-refractivity contribution in [2.24, 2.45) is 5.73 Å². The number of rotatable bonds is 44. The van der Waals surface area contributed by atoms with Gasteiger partial charge in [0, 0.05) is 13.0 Å². The zero-order valence-electron chi connectivity index (χ0n) is 38.2. The van der Waals surface area contributed by atoms with Gasteiger partial charge < -0.3 is 25.2 Å². The Bertz CT molecular complexity index is 1290. The third-order valence-electron chi connectivity index (χ3n) is 9.67. The van der Waals surface area contributed by atoms with Crippen LogP contribution >= 0.6 is 7.82 Å². The lowest BCUT2D eigenvalue weighted by atomic mass is 10.1. The second-order valence-corrected chi connectivity index (χ2v) is 16.9. The van der Waals surface area contributed by atoms with E-state index < -0.39 is 45.1 Å². The van der Waals surface area contributed by atoms with Gasteiger partial charge in [0.05, 0.1) is 19.8 Å². The smallest absolute Gasteiger partial charge is 0.472 e. The van der Waals surface area contributed by atoms with E-state index in [4.69, 9.17) is 29.4 Å². The number of nitrogens with two attached hydrogens (primary N) is 1. The molecule has 3 unspecified atom stereocenters. The van der Waals surface area contributed by atoms with Crippen LogP contribution in [0.3, 0.4) is 0 Å². The molecule has 0 saturated heterocycles. The SMILES string of the molecule is CC/C=C\C/C=C\C/C=C\C/C=C\CCCCCCCCCCCOCC(COP(=O)(O)OCC(N)C(=O)O)OC(=O)CCCCCCCCC/C=C\C/C=C\C/C=C\CC. The molecule has 11 heteroatoms. The van der Waals surface area contributed by atoms with E-state index >= 15 is 0 Å². The first-order chi connectivity index (χ1) is 29.7. The van der Waals surface area contributed by atoms with Crippen LogP contribution in [0.2, 0.25) is 0 Å². The Hall–Kier alpha value is -2.85. The number of carbonyl (C=O) groups excluding carboxylic acids is 1. The molecule has 0 aromatic heterocycles. The third kappa shape index (κ3) is 45.0. The van der Waals surface area contributed by atoms with E-state index in [-0.39, 0.29) is 13.0 Å². The number of phosphoric ester groups is 1. The Balaban J connectivity index is 4.21. The molecule has 350 valence electrons. The number of unbranched alkanes of at least 4 members (excludes halogenated alkanes) is 16. The maximum atomic E-state index is 12.7. The fourth-order valence-electron chi connectivity index (χ4n) is 6.08. The van der Waals surface area contributed by atoms with Crippen molar-refractivity contribution in [1.82, 2.24) is 0 Å². The molecule has 0 spiro atoms. The zero-order chi connectivity index (χ0) is 44.8. The highest BCUT2D eigenvalue weighted by Gasteiger charge is 2.27. The van der Waals surface area contributed by atoms with E-state index in [1.807, 2.05) is 0 Å². The minimum absolute atomic E-state index is 0.00380. The van der Waals surface area contributed by atoms with Crippen LogP contribution in [0.5, 0.6) is 0 Å². The number of ether oxygens (including phenoxy) is 2. The summed E-state index contributed by atoms with van der Waals surface area (Å²) < 4.78 is 33.4. The standard InChI is InChI=1S/C50H86NO9P/c1-3-5-7-9-11-13-15-17-19-21-22-23-24-25-27-29-31-33-35-37-39-41-43-57-44-47(45-58-61(55,56)59-46-48(51)50(53)54)60-49(52)42-40-38-36-34-32-30-28-26-20-18-16-14-12-10-8-6-4-2/h5-8,11-14,17-20,22-23,47-48H,3-4,9-10,15-16,21,24-46,51H2,1-2H3,(H,53,54)(H,55,56)/b7-5-,8-6-,13-11-,14-12-,19-17-,20-18-,23-22-. The number of hydrogen-bond donors (Lipinski definition) is 3. The summed E-state index contributed by atoms with van der Waals surface area (Å²) in [7, 11) is -4.63. The molecule has 0 rings (SSSR count). The highest BCUT2D eigenvalue weighted by molar-refractivity contribution is 7.47. The van der Waals surface area contributed by atoms with Crippen LogP contribution in [0.15, 0.2) is 85.1 Å². The highest BCUT2D eigenvalue weighted by atomic mass is 31.2. The lowest BCUT2D eigenvalue weighted by molar-refractivity contribution is -0.154. The Morgan fingerprint density at radius 2 is 0.902 bits per heavy atom. The highest BCUT2D eigenvalue weighted by Crippen LogP contribution is 2.43. The molecule has 4 N–H and O–H groups in total. The predicted molar refractivity (Wildman–Crippen MR) is 253 cm³/mol. The van der Waals surface area contributed by atoms with Gasteiger partial charge in [-0.1, -0.05) is 176 Å². The van der Waals surface area contributed by atoms with Gasteiger partial charge in [-0.2, -0.15) is 0 Å². The molecule has 0 saturated carbocycles. The largest absolute Gasteiger partial charge is 0.480 e. The van der Waals surface area contributed by atoms with Crippen LogP contribution in [0, 0.1) is 0 Å². The number of esters is 1. The summed E-state index contributed by atoms with van der Waals surface area (Å²) in [4.78, 5) is 33.6. The van der Waals surface area contributed by atoms with Gasteiger partial charge in [0.1, 0.15) is 12.1 Å². The van der Waals surface area contributed by atoms with Crippen LogP contribution in [-0.4, -0.2) is 60.5 Å². The summed E-state index contributed by atoms with van der Waals surface area (Å²) in [6, 6.07) is -1.48. The number of carboxylic acids is 1. The summed E-state index contributed by atoms with van der Waals surface area (Å²) >= 11 is 0. The van der Waals surface area contributed by atoms with Gasteiger partial charge in [0.15, 0.2) is 0 Å². The van der Waals surface area contributed by atoms with Crippen LogP contribution in [0.4, 0.5) is 0 Å². The van der Waals surface area contributed by atoms with E-state index in [1.54, 1.807) is 0 Å². The van der Waals surface area contributed by atoms with Crippen LogP contribution in [-0.2, 0) is 32.7 Å². The van der Waals surface area contributed by atoms with E-state index in [0.717, 1.165) is 96.3 Å². The molecule has 0 bridgehead atoms. The van der Waals surface area contributed by atoms with Crippen LogP contribution < -0.4 is 5.73 Å². The Kier molecular flexibility index (Phi) is 43.1. The van der Waals surface area contributed by atoms with Crippen molar-refractivity contribution in [2.75, 3.05) is 26.4 Å². The minimum atomic E-state index is -4.63. The fraction of sp³-hybridized carbons (Fsp3) is 0.680. The van der Waals surface area contributed by atoms with Gasteiger partial charge >= 0.3 is 19.8 Å². The average molecular weight is 876 g/mol. The number of aliphatic carboxylic acids is 1. The number of carboxylic acid groups (broad SMARTS) is 1. The van der Waals surface area contributed by atoms with E-state index in [9.17, 15) is 19.0 Å². The summed E-state index contributed by atoms with van der Waals surface area (Å²) in [6.07, 6.45) is 57.7. The Morgan fingerprint density at radius 1 is 0.525 bits per heavy atom. The van der Waals surface area contributed by atoms with Crippen molar-refractivity contribution >= 4 is 19.8 Å². The maximum Gasteiger partial charge on any atom is 0.472 e. The first-order valence-corrected chi connectivity index (χ1v) is 25.1. The first-order valence-electron chi connectivity index (χ1n) is 23.6. The van der Waals surface area contributed by atoms with E-state index in [0.29, 0.717) is 13.0 Å². The lowest BCUT2D eigenvalue weighted by Crippen LogP contribution is -2.34. The monoisotopic (exact) mass is 876 g/mol. The Morgan fingerprint density at radius 3 is 1.34 bits per heavy atom. The van der Waals surface area contributed by atoms with Gasteiger partial charge in [0.25, 0.3) is 0 Å². The molecule has 10 nitrogen and oxygen atoms in total. The average Bonchev–Trinajstić information content (AvgIpc) is 3.24. The van der Waals surface area contributed by atoms with Gasteiger partial charge in [-0.05, 0) is 83.5 Å². The minimum Gasteiger partial charge on any atom is -0.480 e. The molecule has 3 atom stereocenters. The predicted octanol–water partition coefficient (Wildman–Crippen LogP) is 13.5. The van der Waals surface area contributed by atoms with Crippen molar-refractivity contribution in [3.8, 4) is 0 Å². The topological polar surface area (TPSA) is 155 Å². The second kappa shape index (κ2) is 45.2. The summed E-state index contributed by atoms with van der Waals surface area (Å²) in [5.41, 5.74) is 5.36. The summed E-state index contributed by atoms with van der Waals surface area (Å²) in [5.74, 6) is -1.80. The summed E-state index contributed by atoms with van der Waals surface area (Å²) in [6.45, 7) is 3.63. The van der Waals surface area contributed by atoms with Crippen molar-refractivity contribution < 1.29 is 42.7 Å². The second-order valence-electron chi connectivity index (χ2n) is 15.5. The summed E-state index contributed by atoms with van der Waals surface area (Å²) in [5, 5.41) is 8.92. The molecular weight excluding hydrogens is 790 g/mol. The molecule has 0 aliphatic heterocycles. The number of hydrogen-bond acceptors (Lipinski definition) is 8. The normalized spacial score (nSPS) is 14.6. The Labute approximate surface area is 371 Å². The number of allylic oxidation sites excluding steroid dienone is 14.